The van der Waals surface area contributed by atoms with Crippen LogP contribution in [-0.2, 0) is 6.37 Å². The molecule has 0 unspecified atom stereocenters. The molecule has 2 heteroatoms. The fraction of sp³-hybridized carbons (Fsp3) is 0.0333. The summed E-state index contributed by atoms with van der Waals surface area (Å²) in [7, 11) is 0. The van der Waals surface area contributed by atoms with Crippen molar-refractivity contribution in [1.29, 1.82) is 0 Å². The van der Waals surface area contributed by atoms with E-state index in [-0.39, 0.29) is 0 Å². The van der Waals surface area contributed by atoms with Gasteiger partial charge in [0.15, 0.2) is 0 Å². The van der Waals surface area contributed by atoms with Crippen LogP contribution in [0.1, 0.15) is 13.9 Å². The zero-order valence-electron chi connectivity index (χ0n) is 19.3. The van der Waals surface area contributed by atoms with Gasteiger partial charge in [-0.3, -0.25) is 4.98 Å². The van der Waals surface area contributed by atoms with E-state index >= 15 is 0 Å². The highest BCUT2D eigenvalue weighted by atomic mass is 32.1. The van der Waals surface area contributed by atoms with E-state index < -0.39 is 6.37 Å². The first kappa shape index (κ1) is 16.9. The van der Waals surface area contributed by atoms with E-state index in [0.717, 1.165) is 11.3 Å². The average Bonchev–Trinajstić information content (AvgIpc) is 3.28. The lowest BCUT2D eigenvalue weighted by Crippen LogP contribution is -1.91. The molecule has 0 spiro atoms. The maximum atomic E-state index is 8.77. The molecular weight excluding hydrogens is 406 g/mol. The van der Waals surface area contributed by atoms with E-state index in [1.54, 1.807) is 23.6 Å². The summed E-state index contributed by atoms with van der Waals surface area (Å²) in [6, 6.07) is 36.4. The molecule has 2 heterocycles. The van der Waals surface area contributed by atoms with E-state index in [2.05, 4.69) is 65.6 Å². The Hall–Kier alpha value is -3.75. The van der Waals surface area contributed by atoms with Crippen LogP contribution in [0, 0.1) is 0 Å². The number of rotatable bonds is 4. The second-order valence-electron chi connectivity index (χ2n) is 7.78. The first-order valence-electron chi connectivity index (χ1n) is 11.6. The highest BCUT2D eigenvalue weighted by Gasteiger charge is 2.12. The lowest BCUT2D eigenvalue weighted by Gasteiger charge is -2.06. The second kappa shape index (κ2) is 8.07. The van der Waals surface area contributed by atoms with Gasteiger partial charge in [0.1, 0.15) is 0 Å². The summed E-state index contributed by atoms with van der Waals surface area (Å²) in [6.45, 7) is 0. The molecule has 0 saturated carbocycles. The summed E-state index contributed by atoms with van der Waals surface area (Å²) in [5, 5.41) is 2.44. The summed E-state index contributed by atoms with van der Waals surface area (Å²) in [4.78, 5) is 4.64. The maximum Gasteiger partial charge on any atom is 0.0719 e. The molecule has 4 aromatic carbocycles. The lowest BCUT2D eigenvalue weighted by atomic mass is 10.0. The molecule has 0 saturated heterocycles. The highest BCUT2D eigenvalue weighted by Crippen LogP contribution is 2.41. The molecule has 0 aliphatic rings. The van der Waals surface area contributed by atoms with Gasteiger partial charge in [-0.1, -0.05) is 84.9 Å². The van der Waals surface area contributed by atoms with Crippen molar-refractivity contribution < 1.29 is 2.74 Å². The molecule has 0 atom stereocenters. The van der Waals surface area contributed by atoms with Crippen LogP contribution in [0.2, 0.25) is 0 Å². The van der Waals surface area contributed by atoms with Gasteiger partial charge in [0.25, 0.3) is 0 Å². The number of pyridine rings is 1. The van der Waals surface area contributed by atoms with Crippen molar-refractivity contribution in [3.05, 3.63) is 127 Å². The number of thiophene rings is 1. The van der Waals surface area contributed by atoms with Crippen LogP contribution in [0.25, 0.3) is 42.6 Å². The smallest absolute Gasteiger partial charge is 0.0719 e. The Labute approximate surface area is 194 Å². The lowest BCUT2D eigenvalue weighted by molar-refractivity contribution is 1.17. The molecular formula is C30H21NS. The van der Waals surface area contributed by atoms with Gasteiger partial charge in [0.05, 0.1) is 5.69 Å². The standard InChI is InChI=1S/C30H21NS/c1-3-8-21(9-4-1)18-22-16-17-31-28(19-22)26-13-7-12-25-27-20-24(23-10-5-2-6-11-23)14-15-29(27)32-30(25)26/h1-17,19-20H,18H2/i18D2. The summed E-state index contributed by atoms with van der Waals surface area (Å²) in [6.07, 6.45) is 0.114. The number of aromatic nitrogens is 1. The third-order valence-corrected chi connectivity index (χ3v) is 6.92. The molecule has 0 amide bonds. The van der Waals surface area contributed by atoms with Crippen molar-refractivity contribution in [2.75, 3.05) is 0 Å². The van der Waals surface area contributed by atoms with Gasteiger partial charge < -0.3 is 0 Å². The van der Waals surface area contributed by atoms with Gasteiger partial charge in [-0.05, 0) is 52.9 Å². The quantitative estimate of drug-likeness (QED) is 0.274. The van der Waals surface area contributed by atoms with Gasteiger partial charge >= 0.3 is 0 Å². The van der Waals surface area contributed by atoms with Crippen LogP contribution < -0.4 is 0 Å². The molecule has 0 aliphatic carbocycles. The Balaban J connectivity index is 1.49. The second-order valence-corrected chi connectivity index (χ2v) is 8.83. The van der Waals surface area contributed by atoms with E-state index in [0.29, 0.717) is 11.1 Å². The third-order valence-electron chi connectivity index (χ3n) is 5.70. The molecule has 152 valence electrons. The zero-order chi connectivity index (χ0) is 23.1. The summed E-state index contributed by atoms with van der Waals surface area (Å²) in [5.74, 6) is 0. The van der Waals surface area contributed by atoms with Crippen LogP contribution in [0.15, 0.2) is 115 Å². The summed E-state index contributed by atoms with van der Waals surface area (Å²) in [5.41, 5.74) is 5.48. The predicted octanol–water partition coefficient (Wildman–Crippen LogP) is 8.37. The molecule has 6 rings (SSSR count). The Morgan fingerprint density at radius 1 is 0.656 bits per heavy atom. The van der Waals surface area contributed by atoms with Crippen molar-refractivity contribution in [1.82, 2.24) is 4.98 Å². The molecule has 0 fully saturated rings. The minimum atomic E-state index is -1.60. The van der Waals surface area contributed by atoms with Gasteiger partial charge in [-0.15, -0.1) is 11.3 Å². The number of hydrogen-bond acceptors (Lipinski definition) is 2. The molecule has 0 bridgehead atoms. The molecule has 0 radical (unpaired) electrons. The molecule has 6 aromatic rings. The topological polar surface area (TPSA) is 12.9 Å². The number of hydrogen-bond donors (Lipinski definition) is 0. The first-order chi connectivity index (χ1) is 16.6. The number of nitrogens with zero attached hydrogens (tertiary/aromatic N) is 1. The Morgan fingerprint density at radius 3 is 2.31 bits per heavy atom. The van der Waals surface area contributed by atoms with Crippen molar-refractivity contribution in [2.24, 2.45) is 0 Å². The minimum Gasteiger partial charge on any atom is -0.256 e. The van der Waals surface area contributed by atoms with E-state index in [9.17, 15) is 0 Å². The number of fused-ring (bicyclic) bond motifs is 3. The van der Waals surface area contributed by atoms with Crippen molar-refractivity contribution in [2.45, 2.75) is 6.37 Å². The Morgan fingerprint density at radius 2 is 1.47 bits per heavy atom. The SMILES string of the molecule is [2H]C([2H])(c1ccccc1)c1ccnc(-c2cccc3c2sc2ccc(-c4ccccc4)cc23)c1. The Kier molecular flexibility index (Phi) is 4.26. The van der Waals surface area contributed by atoms with Gasteiger partial charge in [-0.25, -0.2) is 0 Å². The van der Waals surface area contributed by atoms with Crippen LogP contribution in [0.5, 0.6) is 0 Å². The van der Waals surface area contributed by atoms with E-state index in [1.165, 1.54) is 31.3 Å². The Bertz CT molecular complexity index is 1620. The molecule has 0 N–H and O–H groups in total. The van der Waals surface area contributed by atoms with Crippen LogP contribution in [-0.4, -0.2) is 4.98 Å². The van der Waals surface area contributed by atoms with Gasteiger partial charge in [0, 0.05) is 34.7 Å². The summed E-state index contributed by atoms with van der Waals surface area (Å²) < 4.78 is 19.9. The van der Waals surface area contributed by atoms with Crippen molar-refractivity contribution >= 4 is 31.5 Å². The van der Waals surface area contributed by atoms with Crippen LogP contribution in [0.3, 0.4) is 0 Å². The zero-order valence-corrected chi connectivity index (χ0v) is 18.1. The highest BCUT2D eigenvalue weighted by molar-refractivity contribution is 7.26. The fourth-order valence-corrected chi connectivity index (χ4v) is 5.36. The monoisotopic (exact) mass is 429 g/mol. The largest absolute Gasteiger partial charge is 0.256 e. The average molecular weight is 430 g/mol. The maximum absolute atomic E-state index is 8.77. The fourth-order valence-electron chi connectivity index (χ4n) is 4.15. The minimum absolute atomic E-state index is 0.605. The molecule has 1 nitrogen and oxygen atoms in total. The normalized spacial score (nSPS) is 12.6. The van der Waals surface area contributed by atoms with Crippen LogP contribution >= 0.6 is 11.3 Å². The molecule has 0 aliphatic heterocycles. The van der Waals surface area contributed by atoms with Gasteiger partial charge in [0.2, 0.25) is 0 Å². The molecule has 32 heavy (non-hydrogen) atoms. The van der Waals surface area contributed by atoms with E-state index in [1.807, 2.05) is 42.5 Å². The van der Waals surface area contributed by atoms with E-state index in [4.69, 9.17) is 2.74 Å². The van der Waals surface area contributed by atoms with Crippen LogP contribution in [0.4, 0.5) is 0 Å². The third kappa shape index (κ3) is 3.49. The van der Waals surface area contributed by atoms with Crippen molar-refractivity contribution in [3.8, 4) is 22.4 Å². The number of benzene rings is 4. The summed E-state index contributed by atoms with van der Waals surface area (Å²) >= 11 is 1.76. The first-order valence-corrected chi connectivity index (χ1v) is 11.5. The van der Waals surface area contributed by atoms with Crippen molar-refractivity contribution in [3.63, 3.8) is 0 Å². The molecule has 2 aromatic heterocycles. The van der Waals surface area contributed by atoms with Gasteiger partial charge in [-0.2, -0.15) is 0 Å². The predicted molar refractivity (Wildman–Crippen MR) is 137 cm³/mol.